The molecule has 0 heterocycles. The van der Waals surface area contributed by atoms with E-state index in [-0.39, 0.29) is 5.57 Å². The van der Waals surface area contributed by atoms with Crippen LogP contribution in [0.1, 0.15) is 13.8 Å². The van der Waals surface area contributed by atoms with Gasteiger partial charge in [-0.1, -0.05) is 49.6 Å². The lowest BCUT2D eigenvalue weighted by Crippen LogP contribution is -1.92. The fourth-order valence-corrected chi connectivity index (χ4v) is 0.385. The highest BCUT2D eigenvalue weighted by molar-refractivity contribution is 5.84. The SMILES string of the molecule is C=C(C)C#N.C=C(C)C(=O)O.c1ccccc1. The van der Waals surface area contributed by atoms with Crippen LogP contribution in [0.15, 0.2) is 60.7 Å². The lowest BCUT2D eigenvalue weighted by atomic mass is 10.4. The highest BCUT2D eigenvalue weighted by Gasteiger charge is 1.90. The lowest BCUT2D eigenvalue weighted by Gasteiger charge is -1.79. The van der Waals surface area contributed by atoms with Crippen molar-refractivity contribution in [3.63, 3.8) is 0 Å². The summed E-state index contributed by atoms with van der Waals surface area (Å²) in [5.41, 5.74) is 0.736. The quantitative estimate of drug-likeness (QED) is 0.595. The Bertz CT molecular complexity index is 350. The fourth-order valence-electron chi connectivity index (χ4n) is 0.385. The number of carbonyl (C=O) groups is 1. The van der Waals surface area contributed by atoms with Crippen LogP contribution in [0.25, 0.3) is 0 Å². The Balaban J connectivity index is 0. The summed E-state index contributed by atoms with van der Waals surface area (Å²) in [4.78, 5) is 9.60. The second kappa shape index (κ2) is 11.7. The summed E-state index contributed by atoms with van der Waals surface area (Å²) in [5.74, 6) is -0.935. The molecule has 0 spiro atoms. The van der Waals surface area contributed by atoms with Gasteiger partial charge in [-0.05, 0) is 13.8 Å². The molecule has 0 aliphatic rings. The van der Waals surface area contributed by atoms with E-state index < -0.39 is 5.97 Å². The van der Waals surface area contributed by atoms with Crippen LogP contribution in [0.4, 0.5) is 0 Å². The summed E-state index contributed by atoms with van der Waals surface area (Å²) >= 11 is 0. The topological polar surface area (TPSA) is 61.1 Å². The molecule has 1 aromatic rings. The Morgan fingerprint density at radius 2 is 1.24 bits per heavy atom. The summed E-state index contributed by atoms with van der Waals surface area (Å²) < 4.78 is 0. The van der Waals surface area contributed by atoms with E-state index in [9.17, 15) is 4.79 Å². The molecular weight excluding hydrogens is 214 g/mol. The number of aliphatic carboxylic acids is 1. The van der Waals surface area contributed by atoms with Crippen molar-refractivity contribution >= 4 is 5.97 Å². The van der Waals surface area contributed by atoms with Gasteiger partial charge in [0, 0.05) is 11.1 Å². The van der Waals surface area contributed by atoms with Gasteiger partial charge in [0.15, 0.2) is 0 Å². The third kappa shape index (κ3) is 19.9. The summed E-state index contributed by atoms with van der Waals surface area (Å²) in [6.45, 7) is 9.58. The molecule has 0 fully saturated rings. The van der Waals surface area contributed by atoms with E-state index in [0.29, 0.717) is 5.57 Å². The molecule has 0 aromatic heterocycles. The second-order valence-electron chi connectivity index (χ2n) is 3.13. The Kier molecular flexibility index (Phi) is 11.8. The molecular formula is C14H17NO2. The zero-order valence-electron chi connectivity index (χ0n) is 10.2. The van der Waals surface area contributed by atoms with Crippen molar-refractivity contribution in [1.82, 2.24) is 0 Å². The van der Waals surface area contributed by atoms with Crippen molar-refractivity contribution in [3.05, 3.63) is 60.7 Å². The van der Waals surface area contributed by atoms with Crippen LogP contribution >= 0.6 is 0 Å². The van der Waals surface area contributed by atoms with E-state index >= 15 is 0 Å². The van der Waals surface area contributed by atoms with Crippen molar-refractivity contribution in [1.29, 1.82) is 5.26 Å². The molecule has 0 aliphatic heterocycles. The van der Waals surface area contributed by atoms with Gasteiger partial charge in [-0.15, -0.1) is 0 Å². The number of rotatable bonds is 1. The first-order valence-corrected chi connectivity index (χ1v) is 4.86. The van der Waals surface area contributed by atoms with Gasteiger partial charge < -0.3 is 5.11 Å². The summed E-state index contributed by atoms with van der Waals surface area (Å²) in [7, 11) is 0. The standard InChI is InChI=1S/C6H6.C4H5N.C4H6O2/c1-2-4-6-5-3-1;1-4(2)3-5;1-3(2)4(5)6/h1-6H;1H2,2H3;1H2,2H3,(H,5,6). The highest BCUT2D eigenvalue weighted by atomic mass is 16.4. The van der Waals surface area contributed by atoms with Crippen molar-refractivity contribution in [2.75, 3.05) is 0 Å². The Labute approximate surface area is 102 Å². The number of carboxylic acids is 1. The number of allylic oxidation sites excluding steroid dienone is 1. The Morgan fingerprint density at radius 1 is 1.06 bits per heavy atom. The number of nitriles is 1. The van der Waals surface area contributed by atoms with Crippen LogP contribution in [0, 0.1) is 11.3 Å². The van der Waals surface area contributed by atoms with E-state index in [1.54, 1.807) is 6.92 Å². The molecule has 1 aromatic carbocycles. The van der Waals surface area contributed by atoms with Crippen molar-refractivity contribution < 1.29 is 9.90 Å². The first kappa shape index (κ1) is 17.1. The molecule has 0 saturated carbocycles. The van der Waals surface area contributed by atoms with Gasteiger partial charge >= 0.3 is 5.97 Å². The molecule has 0 saturated heterocycles. The molecule has 0 amide bonds. The highest BCUT2D eigenvalue weighted by Crippen LogP contribution is 1.81. The minimum atomic E-state index is -0.935. The minimum Gasteiger partial charge on any atom is -0.478 e. The first-order valence-electron chi connectivity index (χ1n) is 4.86. The monoisotopic (exact) mass is 231 g/mol. The third-order valence-corrected chi connectivity index (χ3v) is 1.22. The van der Waals surface area contributed by atoms with Crippen molar-refractivity contribution in [2.45, 2.75) is 13.8 Å². The van der Waals surface area contributed by atoms with Crippen LogP contribution in [0.2, 0.25) is 0 Å². The van der Waals surface area contributed by atoms with E-state index in [1.165, 1.54) is 6.92 Å². The second-order valence-corrected chi connectivity index (χ2v) is 3.13. The van der Waals surface area contributed by atoms with Crippen LogP contribution in [-0.4, -0.2) is 11.1 Å². The zero-order valence-corrected chi connectivity index (χ0v) is 10.2. The van der Waals surface area contributed by atoms with E-state index in [2.05, 4.69) is 13.2 Å². The number of hydrogen-bond acceptors (Lipinski definition) is 2. The predicted molar refractivity (Wildman–Crippen MR) is 69.3 cm³/mol. The average molecular weight is 231 g/mol. The van der Waals surface area contributed by atoms with Gasteiger partial charge in [0.1, 0.15) is 0 Å². The molecule has 17 heavy (non-hydrogen) atoms. The number of benzene rings is 1. The van der Waals surface area contributed by atoms with Gasteiger partial charge in [-0.2, -0.15) is 5.26 Å². The van der Waals surface area contributed by atoms with Crippen LogP contribution < -0.4 is 0 Å². The first-order chi connectivity index (χ1) is 7.91. The molecule has 1 rings (SSSR count). The third-order valence-electron chi connectivity index (χ3n) is 1.22. The summed E-state index contributed by atoms with van der Waals surface area (Å²) in [6, 6.07) is 13.8. The van der Waals surface area contributed by atoms with E-state index in [0.717, 1.165) is 0 Å². The Morgan fingerprint density at radius 3 is 1.29 bits per heavy atom. The zero-order chi connectivity index (χ0) is 13.7. The number of nitrogens with zero attached hydrogens (tertiary/aromatic N) is 1. The van der Waals surface area contributed by atoms with E-state index in [1.807, 2.05) is 42.5 Å². The average Bonchev–Trinajstić information content (AvgIpc) is 2.32. The molecule has 0 atom stereocenters. The van der Waals surface area contributed by atoms with Gasteiger partial charge in [-0.25, -0.2) is 4.79 Å². The molecule has 3 heteroatoms. The molecule has 1 N–H and O–H groups in total. The lowest BCUT2D eigenvalue weighted by molar-refractivity contribution is -0.132. The van der Waals surface area contributed by atoms with Crippen LogP contribution in [-0.2, 0) is 4.79 Å². The maximum atomic E-state index is 9.60. The van der Waals surface area contributed by atoms with Gasteiger partial charge in [0.25, 0.3) is 0 Å². The molecule has 90 valence electrons. The van der Waals surface area contributed by atoms with E-state index in [4.69, 9.17) is 10.4 Å². The van der Waals surface area contributed by atoms with Gasteiger partial charge in [0.05, 0.1) is 6.07 Å². The Hall–Kier alpha value is -2.34. The van der Waals surface area contributed by atoms with Crippen molar-refractivity contribution in [3.8, 4) is 6.07 Å². The fraction of sp³-hybridized carbons (Fsp3) is 0.143. The van der Waals surface area contributed by atoms with Gasteiger partial charge in [0.2, 0.25) is 0 Å². The van der Waals surface area contributed by atoms with Crippen LogP contribution in [0.3, 0.4) is 0 Å². The molecule has 0 bridgehead atoms. The maximum absolute atomic E-state index is 9.60. The number of carboxylic acid groups (broad SMARTS) is 1. The van der Waals surface area contributed by atoms with Crippen LogP contribution in [0.5, 0.6) is 0 Å². The number of hydrogen-bond donors (Lipinski definition) is 1. The normalized spacial score (nSPS) is 7.12. The smallest absolute Gasteiger partial charge is 0.330 e. The summed E-state index contributed by atoms with van der Waals surface area (Å²) in [5, 5.41) is 15.7. The predicted octanol–water partition coefficient (Wildman–Crippen LogP) is 3.42. The molecule has 0 radical (unpaired) electrons. The summed E-state index contributed by atoms with van der Waals surface area (Å²) in [6.07, 6.45) is 0. The molecule has 0 aliphatic carbocycles. The minimum absolute atomic E-state index is 0.176. The molecule has 0 unspecified atom stereocenters. The van der Waals surface area contributed by atoms with Gasteiger partial charge in [-0.3, -0.25) is 0 Å². The van der Waals surface area contributed by atoms with Crippen molar-refractivity contribution in [2.24, 2.45) is 0 Å². The maximum Gasteiger partial charge on any atom is 0.330 e. The molecule has 3 nitrogen and oxygen atoms in total. The largest absolute Gasteiger partial charge is 0.478 e.